The molecule has 0 aromatic heterocycles. The Kier molecular flexibility index (Phi) is 2.32. The Hall–Kier alpha value is -1.23. The number of benzene rings is 1. The molecule has 2 atom stereocenters. The minimum absolute atomic E-state index is 0.195. The second kappa shape index (κ2) is 3.45. The molecule has 3 rings (SSSR count). The Balaban J connectivity index is 2.13. The smallest absolute Gasteiger partial charge is 0.416 e. The van der Waals surface area contributed by atoms with Crippen molar-refractivity contribution in [1.29, 1.82) is 0 Å². The van der Waals surface area contributed by atoms with Crippen molar-refractivity contribution in [2.45, 2.75) is 37.5 Å². The molecule has 1 aromatic rings. The average Bonchev–Trinajstić information content (AvgIpc) is 3.04. The molecule has 0 bridgehead atoms. The zero-order valence-corrected chi connectivity index (χ0v) is 10.8. The van der Waals surface area contributed by atoms with E-state index in [1.807, 2.05) is 13.8 Å². The van der Waals surface area contributed by atoms with Crippen LogP contribution in [-0.2, 0) is 11.6 Å². The average molecular weight is 271 g/mol. The summed E-state index contributed by atoms with van der Waals surface area (Å²) >= 11 is 0. The van der Waals surface area contributed by atoms with Crippen molar-refractivity contribution in [2.75, 3.05) is 6.54 Å². The van der Waals surface area contributed by atoms with Crippen molar-refractivity contribution in [3.05, 3.63) is 29.3 Å². The molecule has 0 radical (unpaired) electrons. The first-order valence-electron chi connectivity index (χ1n) is 6.31. The summed E-state index contributed by atoms with van der Waals surface area (Å²) in [6.07, 6.45) is -3.53. The fraction of sp³-hybridized carbons (Fsp3) is 0.571. The second-order valence-electron chi connectivity index (χ2n) is 6.03. The highest BCUT2D eigenvalue weighted by molar-refractivity contribution is 5.51. The van der Waals surface area contributed by atoms with Crippen LogP contribution in [-0.4, -0.2) is 12.1 Å². The summed E-state index contributed by atoms with van der Waals surface area (Å²) in [7, 11) is 0. The molecule has 2 N–H and O–H groups in total. The lowest BCUT2D eigenvalue weighted by atomic mass is 9.83. The number of nitrogens with two attached hydrogens (primary N) is 1. The van der Waals surface area contributed by atoms with Gasteiger partial charge in [0.1, 0.15) is 11.4 Å². The number of fused-ring (bicyclic) bond motifs is 3. The zero-order valence-electron chi connectivity index (χ0n) is 10.8. The summed E-state index contributed by atoms with van der Waals surface area (Å²) in [4.78, 5) is 0. The Morgan fingerprint density at radius 3 is 2.63 bits per heavy atom. The van der Waals surface area contributed by atoms with E-state index in [9.17, 15) is 13.2 Å². The van der Waals surface area contributed by atoms with Crippen molar-refractivity contribution in [1.82, 2.24) is 0 Å². The van der Waals surface area contributed by atoms with Crippen LogP contribution in [0.1, 0.15) is 31.4 Å². The molecular formula is C14H16F3NO. The van der Waals surface area contributed by atoms with Crippen LogP contribution in [0.3, 0.4) is 0 Å². The SMILES string of the molecule is CC1(C)Oc2ccc(C(F)(F)F)cc2C2(CN)CC12. The molecular weight excluding hydrogens is 255 g/mol. The number of rotatable bonds is 1. The van der Waals surface area contributed by atoms with Gasteiger partial charge in [-0.3, -0.25) is 0 Å². The third-order valence-corrected chi connectivity index (χ3v) is 4.50. The standard InChI is InChI=1S/C14H16F3NO/c1-12(2)11-6-13(11,7-18)9-5-8(14(15,16)17)3-4-10(9)19-12/h3-5,11H,6-7,18H2,1-2H3. The van der Waals surface area contributed by atoms with E-state index < -0.39 is 11.7 Å². The number of halogens is 3. The van der Waals surface area contributed by atoms with Gasteiger partial charge in [0.2, 0.25) is 0 Å². The second-order valence-corrected chi connectivity index (χ2v) is 6.03. The predicted molar refractivity (Wildman–Crippen MR) is 65.0 cm³/mol. The molecule has 104 valence electrons. The van der Waals surface area contributed by atoms with Gasteiger partial charge in [-0.2, -0.15) is 13.2 Å². The largest absolute Gasteiger partial charge is 0.487 e. The molecule has 1 heterocycles. The predicted octanol–water partition coefficient (Wildman–Crippen LogP) is 3.09. The van der Waals surface area contributed by atoms with E-state index in [0.717, 1.165) is 12.5 Å². The normalized spacial score (nSPS) is 31.2. The minimum Gasteiger partial charge on any atom is -0.487 e. The third kappa shape index (κ3) is 1.67. The van der Waals surface area contributed by atoms with Crippen LogP contribution >= 0.6 is 0 Å². The summed E-state index contributed by atoms with van der Waals surface area (Å²) in [6.45, 7) is 4.30. The van der Waals surface area contributed by atoms with Gasteiger partial charge in [-0.15, -0.1) is 0 Å². The molecule has 0 spiro atoms. The van der Waals surface area contributed by atoms with Gasteiger partial charge in [0.05, 0.1) is 5.56 Å². The van der Waals surface area contributed by atoms with Crippen LogP contribution in [0.2, 0.25) is 0 Å². The number of alkyl halides is 3. The Morgan fingerprint density at radius 1 is 1.37 bits per heavy atom. The molecule has 2 aliphatic rings. The first-order chi connectivity index (χ1) is 8.71. The maximum absolute atomic E-state index is 12.8. The zero-order chi connectivity index (χ0) is 14.1. The summed E-state index contributed by atoms with van der Waals surface area (Å²) < 4.78 is 44.3. The molecule has 0 saturated heterocycles. The maximum Gasteiger partial charge on any atom is 0.416 e. The molecule has 1 saturated carbocycles. The topological polar surface area (TPSA) is 35.2 Å². The van der Waals surface area contributed by atoms with Gasteiger partial charge < -0.3 is 10.5 Å². The van der Waals surface area contributed by atoms with Gasteiger partial charge >= 0.3 is 6.18 Å². The van der Waals surface area contributed by atoms with Gasteiger partial charge in [-0.05, 0) is 38.5 Å². The van der Waals surface area contributed by atoms with Crippen molar-refractivity contribution in [2.24, 2.45) is 11.7 Å². The number of ether oxygens (including phenoxy) is 1. The fourth-order valence-electron chi connectivity index (χ4n) is 3.39. The van der Waals surface area contributed by atoms with E-state index in [0.29, 0.717) is 17.9 Å². The molecule has 1 aromatic carbocycles. The third-order valence-electron chi connectivity index (χ3n) is 4.50. The Bertz CT molecular complexity index is 538. The summed E-state index contributed by atoms with van der Waals surface area (Å²) in [6, 6.07) is 3.70. The minimum atomic E-state index is -4.33. The van der Waals surface area contributed by atoms with Crippen molar-refractivity contribution < 1.29 is 17.9 Å². The summed E-state index contributed by atoms with van der Waals surface area (Å²) in [5.41, 5.74) is 5.12. The van der Waals surface area contributed by atoms with E-state index in [-0.39, 0.29) is 16.9 Å². The first-order valence-corrected chi connectivity index (χ1v) is 6.31. The monoisotopic (exact) mass is 271 g/mol. The van der Waals surface area contributed by atoms with E-state index in [2.05, 4.69) is 0 Å². The van der Waals surface area contributed by atoms with E-state index in [1.54, 1.807) is 0 Å². The van der Waals surface area contributed by atoms with Crippen LogP contribution in [0, 0.1) is 5.92 Å². The lowest BCUT2D eigenvalue weighted by Gasteiger charge is -2.37. The summed E-state index contributed by atoms with van der Waals surface area (Å²) in [5.74, 6) is 0.734. The quantitative estimate of drug-likeness (QED) is 0.852. The molecule has 1 aliphatic carbocycles. The molecule has 2 unspecified atom stereocenters. The van der Waals surface area contributed by atoms with Crippen LogP contribution in [0.25, 0.3) is 0 Å². The van der Waals surface area contributed by atoms with E-state index in [4.69, 9.17) is 10.5 Å². The maximum atomic E-state index is 12.8. The Morgan fingerprint density at radius 2 is 2.05 bits per heavy atom. The first kappa shape index (κ1) is 12.8. The van der Waals surface area contributed by atoms with Gasteiger partial charge in [-0.1, -0.05) is 0 Å². The van der Waals surface area contributed by atoms with Crippen LogP contribution in [0.15, 0.2) is 18.2 Å². The van der Waals surface area contributed by atoms with E-state index >= 15 is 0 Å². The summed E-state index contributed by atoms with van der Waals surface area (Å²) in [5, 5.41) is 0. The van der Waals surface area contributed by atoms with Gasteiger partial charge in [0, 0.05) is 23.4 Å². The van der Waals surface area contributed by atoms with Crippen LogP contribution in [0.5, 0.6) is 5.75 Å². The lowest BCUT2D eigenvalue weighted by Crippen LogP contribution is -2.41. The van der Waals surface area contributed by atoms with Crippen LogP contribution < -0.4 is 10.5 Å². The van der Waals surface area contributed by atoms with Crippen molar-refractivity contribution >= 4 is 0 Å². The Labute approximate surface area is 109 Å². The molecule has 5 heteroatoms. The van der Waals surface area contributed by atoms with E-state index in [1.165, 1.54) is 12.1 Å². The number of hydrogen-bond acceptors (Lipinski definition) is 2. The van der Waals surface area contributed by atoms with Crippen molar-refractivity contribution in [3.8, 4) is 5.75 Å². The highest BCUT2D eigenvalue weighted by Crippen LogP contribution is 2.64. The molecule has 2 nitrogen and oxygen atoms in total. The lowest BCUT2D eigenvalue weighted by molar-refractivity contribution is -0.137. The van der Waals surface area contributed by atoms with Gasteiger partial charge in [0.25, 0.3) is 0 Å². The van der Waals surface area contributed by atoms with Crippen LogP contribution in [0.4, 0.5) is 13.2 Å². The molecule has 1 fully saturated rings. The van der Waals surface area contributed by atoms with Gasteiger partial charge in [-0.25, -0.2) is 0 Å². The molecule has 19 heavy (non-hydrogen) atoms. The molecule has 1 aliphatic heterocycles. The fourth-order valence-corrected chi connectivity index (χ4v) is 3.39. The molecule has 0 amide bonds. The number of hydrogen-bond donors (Lipinski definition) is 1. The van der Waals surface area contributed by atoms with Crippen molar-refractivity contribution in [3.63, 3.8) is 0 Å². The highest BCUT2D eigenvalue weighted by atomic mass is 19.4. The highest BCUT2D eigenvalue weighted by Gasteiger charge is 2.65. The van der Waals surface area contributed by atoms with Gasteiger partial charge in [0.15, 0.2) is 0 Å².